The fourth-order valence-corrected chi connectivity index (χ4v) is 1.56. The molecule has 0 spiro atoms. The van der Waals surface area contributed by atoms with E-state index in [2.05, 4.69) is 19.2 Å². The molecule has 0 aliphatic rings. The summed E-state index contributed by atoms with van der Waals surface area (Å²) >= 11 is 0. The van der Waals surface area contributed by atoms with Crippen LogP contribution < -0.4 is 11.1 Å². The van der Waals surface area contributed by atoms with Gasteiger partial charge in [0, 0.05) is 32.3 Å². The minimum absolute atomic E-state index is 0.268. The second-order valence-corrected chi connectivity index (χ2v) is 4.35. The number of nitrogens with one attached hydrogen (secondary N) is 1. The van der Waals surface area contributed by atoms with Crippen molar-refractivity contribution >= 4 is 0 Å². The highest BCUT2D eigenvalue weighted by Crippen LogP contribution is 2.00. The molecule has 2 unspecified atom stereocenters. The van der Waals surface area contributed by atoms with E-state index in [-0.39, 0.29) is 6.04 Å². The van der Waals surface area contributed by atoms with E-state index >= 15 is 0 Å². The van der Waals surface area contributed by atoms with Crippen LogP contribution in [0.15, 0.2) is 0 Å². The maximum absolute atomic E-state index is 5.97. The third-order valence-corrected chi connectivity index (χ3v) is 2.64. The molecule has 0 saturated carbocycles. The number of methoxy groups -OCH3 is 1. The Kier molecular flexibility index (Phi) is 10.3. The quantitative estimate of drug-likeness (QED) is 0.548. The molecule has 15 heavy (non-hydrogen) atoms. The summed E-state index contributed by atoms with van der Waals surface area (Å²) in [5.41, 5.74) is 5.97. The lowest BCUT2D eigenvalue weighted by atomic mass is 10.1. The molecule has 0 aromatic carbocycles. The second-order valence-electron chi connectivity index (χ2n) is 4.35. The maximum atomic E-state index is 5.97. The lowest BCUT2D eigenvalue weighted by Gasteiger charge is -2.17. The third kappa shape index (κ3) is 10.2. The summed E-state index contributed by atoms with van der Waals surface area (Å²) in [4.78, 5) is 0. The van der Waals surface area contributed by atoms with E-state index < -0.39 is 0 Å². The van der Waals surface area contributed by atoms with Crippen LogP contribution in [0, 0.1) is 0 Å². The van der Waals surface area contributed by atoms with Crippen molar-refractivity contribution in [3.05, 3.63) is 0 Å². The summed E-state index contributed by atoms with van der Waals surface area (Å²) in [7, 11) is 1.73. The summed E-state index contributed by atoms with van der Waals surface area (Å²) in [6.07, 6.45) is 5.92. The van der Waals surface area contributed by atoms with E-state index in [9.17, 15) is 0 Å². The topological polar surface area (TPSA) is 47.3 Å². The second kappa shape index (κ2) is 10.4. The first-order valence-electron chi connectivity index (χ1n) is 6.18. The third-order valence-electron chi connectivity index (χ3n) is 2.64. The molecule has 0 aromatic heterocycles. The highest BCUT2D eigenvalue weighted by molar-refractivity contribution is 4.68. The standard InChI is InChI=1S/C12H28N2O/c1-4-5-7-11(2)14-10-12(13)8-6-9-15-3/h11-12,14H,4-10,13H2,1-3H3. The molecule has 0 aromatic rings. The average Bonchev–Trinajstić information content (AvgIpc) is 2.24. The molecule has 0 radical (unpaired) electrons. The van der Waals surface area contributed by atoms with Gasteiger partial charge in [-0.2, -0.15) is 0 Å². The van der Waals surface area contributed by atoms with Gasteiger partial charge in [-0.1, -0.05) is 19.8 Å². The molecular weight excluding hydrogens is 188 g/mol. The number of hydrogen-bond acceptors (Lipinski definition) is 3. The van der Waals surface area contributed by atoms with Crippen molar-refractivity contribution in [2.75, 3.05) is 20.3 Å². The van der Waals surface area contributed by atoms with Gasteiger partial charge in [-0.05, 0) is 26.2 Å². The monoisotopic (exact) mass is 216 g/mol. The molecule has 0 bridgehead atoms. The molecule has 0 fully saturated rings. The Balaban J connectivity index is 3.31. The Morgan fingerprint density at radius 2 is 2.00 bits per heavy atom. The van der Waals surface area contributed by atoms with Gasteiger partial charge >= 0.3 is 0 Å². The zero-order valence-corrected chi connectivity index (χ0v) is 10.6. The lowest BCUT2D eigenvalue weighted by Crippen LogP contribution is -2.38. The molecule has 92 valence electrons. The summed E-state index contributed by atoms with van der Waals surface area (Å²) in [5, 5.41) is 3.48. The molecule has 0 rings (SSSR count). The van der Waals surface area contributed by atoms with Crippen LogP contribution >= 0.6 is 0 Å². The van der Waals surface area contributed by atoms with E-state index in [1.165, 1.54) is 19.3 Å². The molecule has 0 heterocycles. The van der Waals surface area contributed by atoms with Crippen LogP contribution in [0.2, 0.25) is 0 Å². The van der Waals surface area contributed by atoms with Crippen molar-refractivity contribution in [2.24, 2.45) is 5.73 Å². The van der Waals surface area contributed by atoms with Crippen molar-refractivity contribution in [1.82, 2.24) is 5.32 Å². The van der Waals surface area contributed by atoms with Gasteiger partial charge in [0.25, 0.3) is 0 Å². The van der Waals surface area contributed by atoms with Crippen molar-refractivity contribution in [3.8, 4) is 0 Å². The fraction of sp³-hybridized carbons (Fsp3) is 1.00. The molecular formula is C12H28N2O. The Morgan fingerprint density at radius 1 is 1.27 bits per heavy atom. The van der Waals surface area contributed by atoms with Crippen molar-refractivity contribution in [3.63, 3.8) is 0 Å². The van der Waals surface area contributed by atoms with Gasteiger partial charge < -0.3 is 15.8 Å². The lowest BCUT2D eigenvalue weighted by molar-refractivity contribution is 0.190. The Hall–Kier alpha value is -0.120. The largest absolute Gasteiger partial charge is 0.385 e. The van der Waals surface area contributed by atoms with Gasteiger partial charge in [0.15, 0.2) is 0 Å². The number of rotatable bonds is 10. The van der Waals surface area contributed by atoms with Crippen LogP contribution in [0.25, 0.3) is 0 Å². The maximum Gasteiger partial charge on any atom is 0.0462 e. The van der Waals surface area contributed by atoms with Crippen molar-refractivity contribution in [2.45, 2.75) is 58.0 Å². The SMILES string of the molecule is CCCCC(C)NCC(N)CCCOC. The first kappa shape index (κ1) is 14.9. The van der Waals surface area contributed by atoms with Crippen LogP contribution in [0.5, 0.6) is 0 Å². The molecule has 0 saturated heterocycles. The van der Waals surface area contributed by atoms with Gasteiger partial charge in [0.05, 0.1) is 0 Å². The van der Waals surface area contributed by atoms with Gasteiger partial charge in [-0.15, -0.1) is 0 Å². The summed E-state index contributed by atoms with van der Waals surface area (Å²) in [6.45, 7) is 6.20. The highest BCUT2D eigenvalue weighted by atomic mass is 16.5. The summed E-state index contributed by atoms with van der Waals surface area (Å²) in [5.74, 6) is 0. The van der Waals surface area contributed by atoms with Crippen LogP contribution in [-0.2, 0) is 4.74 Å². The Labute approximate surface area is 94.8 Å². The highest BCUT2D eigenvalue weighted by Gasteiger charge is 2.05. The number of nitrogens with two attached hydrogens (primary N) is 1. The fourth-order valence-electron chi connectivity index (χ4n) is 1.56. The molecule has 3 heteroatoms. The smallest absolute Gasteiger partial charge is 0.0462 e. The Morgan fingerprint density at radius 3 is 2.60 bits per heavy atom. The van der Waals surface area contributed by atoms with E-state index in [1.807, 2.05) is 0 Å². The van der Waals surface area contributed by atoms with E-state index in [0.29, 0.717) is 6.04 Å². The number of hydrogen-bond donors (Lipinski definition) is 2. The molecule has 0 aliphatic carbocycles. The van der Waals surface area contributed by atoms with Crippen LogP contribution in [0.1, 0.15) is 46.0 Å². The molecule has 3 nitrogen and oxygen atoms in total. The van der Waals surface area contributed by atoms with Crippen LogP contribution in [-0.4, -0.2) is 32.3 Å². The average molecular weight is 216 g/mol. The predicted octanol–water partition coefficient (Wildman–Crippen LogP) is 1.91. The van der Waals surface area contributed by atoms with Crippen molar-refractivity contribution in [1.29, 1.82) is 0 Å². The zero-order valence-electron chi connectivity index (χ0n) is 10.6. The first-order chi connectivity index (χ1) is 7.20. The summed E-state index contributed by atoms with van der Waals surface area (Å²) < 4.78 is 4.99. The number of unbranched alkanes of at least 4 members (excludes halogenated alkanes) is 1. The molecule has 0 aliphatic heterocycles. The first-order valence-corrected chi connectivity index (χ1v) is 6.18. The normalized spacial score (nSPS) is 15.2. The van der Waals surface area contributed by atoms with E-state index in [0.717, 1.165) is 26.0 Å². The molecule has 2 atom stereocenters. The van der Waals surface area contributed by atoms with E-state index in [1.54, 1.807) is 7.11 Å². The van der Waals surface area contributed by atoms with Crippen LogP contribution in [0.3, 0.4) is 0 Å². The van der Waals surface area contributed by atoms with Gasteiger partial charge in [-0.3, -0.25) is 0 Å². The summed E-state index contributed by atoms with van der Waals surface area (Å²) in [6, 6.07) is 0.864. The predicted molar refractivity (Wildman–Crippen MR) is 66.1 cm³/mol. The van der Waals surface area contributed by atoms with Crippen molar-refractivity contribution < 1.29 is 4.74 Å². The molecule has 3 N–H and O–H groups in total. The Bertz CT molecular complexity index is 131. The molecule has 0 amide bonds. The van der Waals surface area contributed by atoms with Crippen LogP contribution in [0.4, 0.5) is 0 Å². The van der Waals surface area contributed by atoms with Gasteiger partial charge in [0.2, 0.25) is 0 Å². The minimum Gasteiger partial charge on any atom is -0.385 e. The van der Waals surface area contributed by atoms with E-state index in [4.69, 9.17) is 10.5 Å². The zero-order chi connectivity index (χ0) is 11.5. The minimum atomic E-state index is 0.268. The van der Waals surface area contributed by atoms with Gasteiger partial charge in [-0.25, -0.2) is 0 Å². The number of ether oxygens (including phenoxy) is 1. The van der Waals surface area contributed by atoms with Gasteiger partial charge in [0.1, 0.15) is 0 Å².